The van der Waals surface area contributed by atoms with Crippen LogP contribution in [-0.2, 0) is 0 Å². The first-order chi connectivity index (χ1) is 6.15. The van der Waals surface area contributed by atoms with E-state index in [4.69, 9.17) is 0 Å². The van der Waals surface area contributed by atoms with Crippen LogP contribution >= 0.6 is 0 Å². The van der Waals surface area contributed by atoms with E-state index in [9.17, 15) is 0 Å². The van der Waals surface area contributed by atoms with Crippen molar-refractivity contribution >= 4 is 0 Å². The predicted octanol–water partition coefficient (Wildman–Crippen LogP) is 3.06. The molecule has 3 unspecified atom stereocenters. The summed E-state index contributed by atoms with van der Waals surface area (Å²) in [7, 11) is 0. The van der Waals surface area contributed by atoms with E-state index >= 15 is 0 Å². The summed E-state index contributed by atoms with van der Waals surface area (Å²) < 4.78 is 0. The van der Waals surface area contributed by atoms with Gasteiger partial charge in [-0.3, -0.25) is 0 Å². The third-order valence-electron chi connectivity index (χ3n) is 3.21. The second-order valence-corrected chi connectivity index (χ2v) is 5.01. The van der Waals surface area contributed by atoms with E-state index in [1.165, 1.54) is 19.3 Å². The van der Waals surface area contributed by atoms with E-state index in [0.717, 1.165) is 30.3 Å². The average molecular weight is 183 g/mol. The fourth-order valence-electron chi connectivity index (χ4n) is 2.15. The maximum atomic E-state index is 3.63. The van der Waals surface area contributed by atoms with Crippen LogP contribution in [0.25, 0.3) is 0 Å². The lowest BCUT2D eigenvalue weighted by Crippen LogP contribution is -2.31. The highest BCUT2D eigenvalue weighted by atomic mass is 14.9. The van der Waals surface area contributed by atoms with Crippen molar-refractivity contribution < 1.29 is 0 Å². The van der Waals surface area contributed by atoms with Crippen molar-refractivity contribution in [1.29, 1.82) is 0 Å². The molecule has 78 valence electrons. The second kappa shape index (κ2) is 4.99. The monoisotopic (exact) mass is 183 g/mol. The minimum Gasteiger partial charge on any atom is -0.314 e. The van der Waals surface area contributed by atoms with Gasteiger partial charge in [0.1, 0.15) is 0 Å². The third-order valence-corrected chi connectivity index (χ3v) is 3.21. The van der Waals surface area contributed by atoms with Crippen LogP contribution in [0.1, 0.15) is 47.0 Å². The predicted molar refractivity (Wildman–Crippen MR) is 58.8 cm³/mol. The normalized spacial score (nSPS) is 29.3. The maximum absolute atomic E-state index is 3.63. The third kappa shape index (κ3) is 3.68. The lowest BCUT2D eigenvalue weighted by atomic mass is 9.99. The number of nitrogens with one attached hydrogen (secondary N) is 1. The summed E-state index contributed by atoms with van der Waals surface area (Å²) in [5, 5.41) is 3.63. The molecule has 1 aliphatic carbocycles. The van der Waals surface area contributed by atoms with Crippen LogP contribution in [0.15, 0.2) is 0 Å². The van der Waals surface area contributed by atoms with Gasteiger partial charge in [-0.05, 0) is 43.6 Å². The van der Waals surface area contributed by atoms with Crippen LogP contribution < -0.4 is 5.32 Å². The van der Waals surface area contributed by atoms with Gasteiger partial charge in [0.05, 0.1) is 0 Å². The van der Waals surface area contributed by atoms with E-state index in [2.05, 4.69) is 33.0 Å². The van der Waals surface area contributed by atoms with Crippen LogP contribution in [0.3, 0.4) is 0 Å². The summed E-state index contributed by atoms with van der Waals surface area (Å²) >= 11 is 0. The smallest absolute Gasteiger partial charge is 0.00979 e. The van der Waals surface area contributed by atoms with Gasteiger partial charge in [-0.2, -0.15) is 0 Å². The molecule has 0 bridgehead atoms. The van der Waals surface area contributed by atoms with E-state index in [1.807, 2.05) is 0 Å². The Bertz CT molecular complexity index is 142. The van der Waals surface area contributed by atoms with Crippen molar-refractivity contribution in [3.8, 4) is 0 Å². The van der Waals surface area contributed by atoms with Crippen molar-refractivity contribution in [3.05, 3.63) is 0 Å². The molecular formula is C12H25N. The van der Waals surface area contributed by atoms with Gasteiger partial charge < -0.3 is 5.32 Å². The van der Waals surface area contributed by atoms with Gasteiger partial charge in [-0.15, -0.1) is 0 Å². The van der Waals surface area contributed by atoms with Crippen LogP contribution in [0, 0.1) is 17.8 Å². The molecule has 13 heavy (non-hydrogen) atoms. The molecular weight excluding hydrogens is 158 g/mol. The summed E-state index contributed by atoms with van der Waals surface area (Å²) in [4.78, 5) is 0. The highest BCUT2D eigenvalue weighted by Gasteiger charge is 2.38. The first kappa shape index (κ1) is 11.0. The summed E-state index contributed by atoms with van der Waals surface area (Å²) in [6, 6.07) is 0.808. The molecule has 1 heteroatoms. The van der Waals surface area contributed by atoms with Crippen molar-refractivity contribution in [2.45, 2.75) is 53.0 Å². The van der Waals surface area contributed by atoms with Crippen molar-refractivity contribution in [1.82, 2.24) is 5.32 Å². The Morgan fingerprint density at radius 3 is 2.31 bits per heavy atom. The summed E-state index contributed by atoms with van der Waals surface area (Å²) in [6.07, 6.45) is 4.21. The van der Waals surface area contributed by atoms with Crippen LogP contribution in [0.5, 0.6) is 0 Å². The highest BCUT2D eigenvalue weighted by Crippen LogP contribution is 2.42. The summed E-state index contributed by atoms with van der Waals surface area (Å²) in [6.45, 7) is 10.4. The molecule has 0 aromatic rings. The molecule has 0 spiro atoms. The minimum absolute atomic E-state index is 0.808. The van der Waals surface area contributed by atoms with Crippen molar-refractivity contribution in [3.63, 3.8) is 0 Å². The lowest BCUT2D eigenvalue weighted by Gasteiger charge is -2.18. The Morgan fingerprint density at radius 2 is 1.92 bits per heavy atom. The molecule has 1 fully saturated rings. The largest absolute Gasteiger partial charge is 0.314 e. The van der Waals surface area contributed by atoms with Crippen LogP contribution in [-0.4, -0.2) is 12.6 Å². The van der Waals surface area contributed by atoms with E-state index in [0.29, 0.717) is 0 Å². The van der Waals surface area contributed by atoms with Gasteiger partial charge in [0.2, 0.25) is 0 Å². The molecule has 1 saturated carbocycles. The van der Waals surface area contributed by atoms with Gasteiger partial charge in [0, 0.05) is 6.04 Å². The highest BCUT2D eigenvalue weighted by molar-refractivity contribution is 4.92. The molecule has 0 aromatic carbocycles. The lowest BCUT2D eigenvalue weighted by molar-refractivity contribution is 0.392. The maximum Gasteiger partial charge on any atom is 0.00979 e. The SMILES string of the molecule is CCNC(CCC(C)C)C1CC1C. The van der Waals surface area contributed by atoms with Gasteiger partial charge in [0.25, 0.3) is 0 Å². The fraction of sp³-hybridized carbons (Fsp3) is 1.00. The molecule has 0 heterocycles. The van der Waals surface area contributed by atoms with Gasteiger partial charge in [0.15, 0.2) is 0 Å². The van der Waals surface area contributed by atoms with E-state index < -0.39 is 0 Å². The molecule has 0 aliphatic heterocycles. The molecule has 0 aromatic heterocycles. The van der Waals surface area contributed by atoms with Crippen molar-refractivity contribution in [2.75, 3.05) is 6.54 Å². The zero-order valence-corrected chi connectivity index (χ0v) is 9.64. The number of hydrogen-bond donors (Lipinski definition) is 1. The Kier molecular flexibility index (Phi) is 4.24. The Balaban J connectivity index is 2.22. The molecule has 1 aliphatic rings. The topological polar surface area (TPSA) is 12.0 Å². The molecule has 1 rings (SSSR count). The van der Waals surface area contributed by atoms with Crippen LogP contribution in [0.4, 0.5) is 0 Å². The summed E-state index contributed by atoms with van der Waals surface area (Å²) in [5.41, 5.74) is 0. The first-order valence-electron chi connectivity index (χ1n) is 5.88. The molecule has 0 radical (unpaired) electrons. The van der Waals surface area contributed by atoms with E-state index in [-0.39, 0.29) is 0 Å². The van der Waals surface area contributed by atoms with Gasteiger partial charge in [-0.1, -0.05) is 27.7 Å². The molecule has 1 N–H and O–H groups in total. The van der Waals surface area contributed by atoms with Gasteiger partial charge in [-0.25, -0.2) is 0 Å². The fourth-order valence-corrected chi connectivity index (χ4v) is 2.15. The number of rotatable bonds is 6. The first-order valence-corrected chi connectivity index (χ1v) is 5.88. The molecule has 1 nitrogen and oxygen atoms in total. The Morgan fingerprint density at radius 1 is 1.31 bits per heavy atom. The van der Waals surface area contributed by atoms with Crippen molar-refractivity contribution in [2.24, 2.45) is 17.8 Å². The zero-order chi connectivity index (χ0) is 9.84. The standard InChI is InChI=1S/C12H25N/c1-5-13-12(7-6-9(2)3)11-8-10(11)4/h9-13H,5-8H2,1-4H3. The molecule has 0 amide bonds. The minimum atomic E-state index is 0.808. The number of hydrogen-bond acceptors (Lipinski definition) is 1. The quantitative estimate of drug-likeness (QED) is 0.667. The van der Waals surface area contributed by atoms with E-state index in [1.54, 1.807) is 0 Å². The second-order valence-electron chi connectivity index (χ2n) is 5.01. The van der Waals surface area contributed by atoms with Gasteiger partial charge >= 0.3 is 0 Å². The molecule has 3 atom stereocenters. The van der Waals surface area contributed by atoms with Crippen LogP contribution in [0.2, 0.25) is 0 Å². The zero-order valence-electron chi connectivity index (χ0n) is 9.64. The molecule has 0 saturated heterocycles. The average Bonchev–Trinajstić information content (AvgIpc) is 2.76. The Labute approximate surface area is 83.3 Å². The Hall–Kier alpha value is -0.0400. The summed E-state index contributed by atoms with van der Waals surface area (Å²) in [5.74, 6) is 2.82.